The summed E-state index contributed by atoms with van der Waals surface area (Å²) in [4.78, 5) is 24.7. The molecule has 3 N–H and O–H groups in total. The fraction of sp³-hybridized carbons (Fsp3) is 0.583. The first kappa shape index (κ1) is 13.4. The Morgan fingerprint density at radius 2 is 2.11 bits per heavy atom. The molecular weight excluding hydrogens is 248 g/mol. The maximum Gasteiger partial charge on any atom is 0.321 e. The lowest BCUT2D eigenvalue weighted by Gasteiger charge is -2.16. The van der Waals surface area contributed by atoms with Gasteiger partial charge in [-0.05, 0) is 19.8 Å². The number of likely N-dealkylation sites (tertiary alicyclic amines) is 1. The summed E-state index contributed by atoms with van der Waals surface area (Å²) in [7, 11) is 0. The lowest BCUT2D eigenvalue weighted by Crippen LogP contribution is -2.34. The molecule has 2 amide bonds. The van der Waals surface area contributed by atoms with E-state index < -0.39 is 11.9 Å². The van der Waals surface area contributed by atoms with E-state index in [-0.39, 0.29) is 18.5 Å². The standard InChI is InChI=1S/C12H18N4O3/c1-6-4-16(5-9(6)11(17)18)12(19)13-10-7(2)14-15-8(10)3/h6,9H,4-5H2,1-3H3,(H,13,19)(H,14,15)(H,17,18). The zero-order chi connectivity index (χ0) is 14.2. The van der Waals surface area contributed by atoms with Crippen LogP contribution in [-0.2, 0) is 4.79 Å². The number of rotatable bonds is 2. The van der Waals surface area contributed by atoms with Crippen LogP contribution in [0.4, 0.5) is 10.5 Å². The predicted octanol–water partition coefficient (Wildman–Crippen LogP) is 1.21. The Labute approximate surface area is 111 Å². The minimum Gasteiger partial charge on any atom is -0.481 e. The molecule has 1 aromatic rings. The van der Waals surface area contributed by atoms with Gasteiger partial charge in [-0.15, -0.1) is 0 Å². The lowest BCUT2D eigenvalue weighted by molar-refractivity contribution is -0.142. The van der Waals surface area contributed by atoms with Gasteiger partial charge in [0.05, 0.1) is 23.0 Å². The summed E-state index contributed by atoms with van der Waals surface area (Å²) >= 11 is 0. The van der Waals surface area contributed by atoms with Gasteiger partial charge < -0.3 is 15.3 Å². The molecule has 2 rings (SSSR count). The molecule has 1 saturated heterocycles. The molecule has 2 unspecified atom stereocenters. The van der Waals surface area contributed by atoms with E-state index in [0.29, 0.717) is 17.9 Å². The van der Waals surface area contributed by atoms with E-state index in [1.165, 1.54) is 4.90 Å². The van der Waals surface area contributed by atoms with Gasteiger partial charge in [-0.3, -0.25) is 9.89 Å². The van der Waals surface area contributed by atoms with Gasteiger partial charge in [-0.2, -0.15) is 5.10 Å². The Balaban J connectivity index is 2.04. The summed E-state index contributed by atoms with van der Waals surface area (Å²) < 4.78 is 0. The number of hydrogen-bond acceptors (Lipinski definition) is 3. The third-order valence-electron chi connectivity index (χ3n) is 3.58. The largest absolute Gasteiger partial charge is 0.481 e. The summed E-state index contributed by atoms with van der Waals surface area (Å²) in [5, 5.41) is 18.6. The molecule has 1 aliphatic heterocycles. The molecule has 0 spiro atoms. The van der Waals surface area contributed by atoms with Gasteiger partial charge >= 0.3 is 12.0 Å². The van der Waals surface area contributed by atoms with Crippen LogP contribution >= 0.6 is 0 Å². The van der Waals surface area contributed by atoms with Crippen LogP contribution in [-0.4, -0.2) is 45.3 Å². The van der Waals surface area contributed by atoms with Gasteiger partial charge in [0.1, 0.15) is 0 Å². The third-order valence-corrected chi connectivity index (χ3v) is 3.58. The van der Waals surface area contributed by atoms with E-state index in [2.05, 4.69) is 15.5 Å². The maximum atomic E-state index is 12.1. The van der Waals surface area contributed by atoms with Crippen molar-refractivity contribution in [2.24, 2.45) is 11.8 Å². The molecule has 2 heterocycles. The summed E-state index contributed by atoms with van der Waals surface area (Å²) in [5.41, 5.74) is 2.16. The number of nitrogens with one attached hydrogen (secondary N) is 2. The van der Waals surface area contributed by atoms with Crippen LogP contribution in [0.15, 0.2) is 0 Å². The smallest absolute Gasteiger partial charge is 0.321 e. The summed E-state index contributed by atoms with van der Waals surface area (Å²) in [6, 6.07) is -0.275. The second kappa shape index (κ2) is 4.91. The number of aryl methyl sites for hydroxylation is 2. The van der Waals surface area contributed by atoms with Gasteiger partial charge in [0, 0.05) is 13.1 Å². The van der Waals surface area contributed by atoms with E-state index in [0.717, 1.165) is 5.69 Å². The average molecular weight is 266 g/mol. The first-order chi connectivity index (χ1) is 8.90. The number of carbonyl (C=O) groups excluding carboxylic acids is 1. The molecule has 0 bridgehead atoms. The Morgan fingerprint density at radius 1 is 1.42 bits per heavy atom. The zero-order valence-corrected chi connectivity index (χ0v) is 11.2. The number of aliphatic carboxylic acids is 1. The second-order valence-electron chi connectivity index (χ2n) is 5.07. The summed E-state index contributed by atoms with van der Waals surface area (Å²) in [5.74, 6) is -1.37. The molecule has 7 heteroatoms. The Kier molecular flexibility index (Phi) is 3.46. The summed E-state index contributed by atoms with van der Waals surface area (Å²) in [6.45, 7) is 6.17. The van der Waals surface area contributed by atoms with Crippen molar-refractivity contribution in [1.29, 1.82) is 0 Å². The first-order valence-electron chi connectivity index (χ1n) is 6.20. The molecule has 7 nitrogen and oxygen atoms in total. The molecule has 104 valence electrons. The number of aromatic nitrogens is 2. The highest BCUT2D eigenvalue weighted by atomic mass is 16.4. The van der Waals surface area contributed by atoms with Crippen LogP contribution in [0.1, 0.15) is 18.3 Å². The highest BCUT2D eigenvalue weighted by Gasteiger charge is 2.37. The second-order valence-corrected chi connectivity index (χ2v) is 5.07. The topological polar surface area (TPSA) is 98.3 Å². The number of carbonyl (C=O) groups is 2. The number of carboxylic acids is 1. The highest BCUT2D eigenvalue weighted by molar-refractivity contribution is 5.91. The number of hydrogen-bond donors (Lipinski definition) is 3. The summed E-state index contributed by atoms with van der Waals surface area (Å²) in [6.07, 6.45) is 0. The van der Waals surface area contributed by atoms with Crippen LogP contribution in [0.3, 0.4) is 0 Å². The molecule has 1 aromatic heterocycles. The number of anilines is 1. The first-order valence-corrected chi connectivity index (χ1v) is 6.20. The van der Waals surface area contributed by atoms with Crippen molar-refractivity contribution in [3.8, 4) is 0 Å². The molecule has 2 atom stereocenters. The monoisotopic (exact) mass is 266 g/mol. The molecule has 19 heavy (non-hydrogen) atoms. The van der Waals surface area contributed by atoms with Crippen molar-refractivity contribution in [1.82, 2.24) is 15.1 Å². The third kappa shape index (κ3) is 2.54. The van der Waals surface area contributed by atoms with Gasteiger partial charge in [-0.1, -0.05) is 6.92 Å². The van der Waals surface area contributed by atoms with E-state index in [1.807, 2.05) is 13.8 Å². The number of aromatic amines is 1. The average Bonchev–Trinajstić information content (AvgIpc) is 2.86. The molecular formula is C12H18N4O3. The Morgan fingerprint density at radius 3 is 2.58 bits per heavy atom. The van der Waals surface area contributed by atoms with Crippen molar-refractivity contribution in [2.75, 3.05) is 18.4 Å². The van der Waals surface area contributed by atoms with E-state index >= 15 is 0 Å². The normalized spacial score (nSPS) is 22.6. The minimum absolute atomic E-state index is 0.0326. The van der Waals surface area contributed by atoms with Crippen LogP contribution in [0.5, 0.6) is 0 Å². The molecule has 1 fully saturated rings. The fourth-order valence-electron chi connectivity index (χ4n) is 2.38. The van der Waals surface area contributed by atoms with Crippen LogP contribution in [0.25, 0.3) is 0 Å². The fourth-order valence-corrected chi connectivity index (χ4v) is 2.38. The van der Waals surface area contributed by atoms with Crippen LogP contribution in [0, 0.1) is 25.7 Å². The van der Waals surface area contributed by atoms with E-state index in [1.54, 1.807) is 6.92 Å². The van der Waals surface area contributed by atoms with Crippen LogP contribution < -0.4 is 5.32 Å². The number of nitrogens with zero attached hydrogens (tertiary/aromatic N) is 2. The number of carboxylic acid groups (broad SMARTS) is 1. The van der Waals surface area contributed by atoms with Gasteiger partial charge in [0.15, 0.2) is 0 Å². The Bertz CT molecular complexity index is 492. The van der Waals surface area contributed by atoms with Crippen molar-refractivity contribution < 1.29 is 14.7 Å². The van der Waals surface area contributed by atoms with Crippen molar-refractivity contribution >= 4 is 17.7 Å². The quantitative estimate of drug-likeness (QED) is 0.749. The van der Waals surface area contributed by atoms with Gasteiger partial charge in [0.2, 0.25) is 0 Å². The molecule has 1 aliphatic rings. The van der Waals surface area contributed by atoms with E-state index in [9.17, 15) is 9.59 Å². The van der Waals surface area contributed by atoms with Crippen molar-refractivity contribution in [2.45, 2.75) is 20.8 Å². The van der Waals surface area contributed by atoms with Crippen molar-refractivity contribution in [3.05, 3.63) is 11.4 Å². The number of amides is 2. The molecule has 0 aromatic carbocycles. The van der Waals surface area contributed by atoms with Gasteiger partial charge in [-0.25, -0.2) is 4.79 Å². The maximum absolute atomic E-state index is 12.1. The lowest BCUT2D eigenvalue weighted by atomic mass is 9.99. The number of urea groups is 1. The minimum atomic E-state index is -0.849. The van der Waals surface area contributed by atoms with E-state index in [4.69, 9.17) is 5.11 Å². The van der Waals surface area contributed by atoms with Gasteiger partial charge in [0.25, 0.3) is 0 Å². The predicted molar refractivity (Wildman–Crippen MR) is 68.9 cm³/mol. The SMILES string of the molecule is Cc1n[nH]c(C)c1NC(=O)N1CC(C)C(C(=O)O)C1. The zero-order valence-electron chi connectivity index (χ0n) is 11.2. The highest BCUT2D eigenvalue weighted by Crippen LogP contribution is 2.24. The molecule has 0 radical (unpaired) electrons. The molecule has 0 saturated carbocycles. The number of H-pyrrole nitrogens is 1. The van der Waals surface area contributed by atoms with Crippen LogP contribution in [0.2, 0.25) is 0 Å². The molecule has 0 aliphatic carbocycles. The van der Waals surface area contributed by atoms with Crippen molar-refractivity contribution in [3.63, 3.8) is 0 Å². The Hall–Kier alpha value is -2.05.